The standard InChI is InChI=1S/C12H8FN3/c13-12-4-2-1-3-9(12)5-10-6-11(7-14)16-8-15-10/h1-4,6,8H,5H2. The van der Waals surface area contributed by atoms with Crippen molar-refractivity contribution in [1.82, 2.24) is 9.97 Å². The highest BCUT2D eigenvalue weighted by Crippen LogP contribution is 2.11. The van der Waals surface area contributed by atoms with Crippen LogP contribution in [0.3, 0.4) is 0 Å². The van der Waals surface area contributed by atoms with Crippen molar-refractivity contribution in [1.29, 1.82) is 5.26 Å². The summed E-state index contributed by atoms with van der Waals surface area (Å²) in [7, 11) is 0. The zero-order chi connectivity index (χ0) is 11.4. The summed E-state index contributed by atoms with van der Waals surface area (Å²) in [6.45, 7) is 0. The topological polar surface area (TPSA) is 49.6 Å². The summed E-state index contributed by atoms with van der Waals surface area (Å²) >= 11 is 0. The maximum atomic E-state index is 13.3. The molecule has 0 atom stereocenters. The first-order chi connectivity index (χ1) is 7.79. The van der Waals surface area contributed by atoms with Crippen molar-refractivity contribution in [2.75, 3.05) is 0 Å². The molecule has 0 N–H and O–H groups in total. The number of rotatable bonds is 2. The molecule has 0 radical (unpaired) electrons. The van der Waals surface area contributed by atoms with Crippen LogP contribution in [0, 0.1) is 17.1 Å². The Morgan fingerprint density at radius 1 is 1.25 bits per heavy atom. The second-order valence-corrected chi connectivity index (χ2v) is 3.27. The maximum absolute atomic E-state index is 13.3. The number of benzene rings is 1. The van der Waals surface area contributed by atoms with E-state index in [2.05, 4.69) is 9.97 Å². The Balaban J connectivity index is 2.28. The number of aromatic nitrogens is 2. The number of halogens is 1. The van der Waals surface area contributed by atoms with Gasteiger partial charge in [0.2, 0.25) is 0 Å². The van der Waals surface area contributed by atoms with E-state index in [1.165, 1.54) is 12.4 Å². The number of hydrogen-bond donors (Lipinski definition) is 0. The molecule has 16 heavy (non-hydrogen) atoms. The van der Waals surface area contributed by atoms with Crippen LogP contribution < -0.4 is 0 Å². The van der Waals surface area contributed by atoms with Crippen molar-refractivity contribution in [3.63, 3.8) is 0 Å². The van der Waals surface area contributed by atoms with Crippen molar-refractivity contribution in [2.24, 2.45) is 0 Å². The SMILES string of the molecule is N#Cc1cc(Cc2ccccc2F)ncn1. The molecule has 0 fully saturated rings. The second-order valence-electron chi connectivity index (χ2n) is 3.27. The zero-order valence-corrected chi connectivity index (χ0v) is 8.39. The molecule has 0 spiro atoms. The molecule has 1 aromatic heterocycles. The highest BCUT2D eigenvalue weighted by Gasteiger charge is 2.04. The van der Waals surface area contributed by atoms with E-state index in [0.29, 0.717) is 23.4 Å². The van der Waals surface area contributed by atoms with Crippen LogP contribution in [0.15, 0.2) is 36.7 Å². The third-order valence-corrected chi connectivity index (χ3v) is 2.17. The summed E-state index contributed by atoms with van der Waals surface area (Å²) in [5, 5.41) is 8.67. The van der Waals surface area contributed by atoms with Gasteiger partial charge in [-0.2, -0.15) is 5.26 Å². The largest absolute Gasteiger partial charge is 0.241 e. The molecule has 1 heterocycles. The average molecular weight is 213 g/mol. The number of nitrogens with zero attached hydrogens (tertiary/aromatic N) is 3. The summed E-state index contributed by atoms with van der Waals surface area (Å²) in [6, 6.07) is 9.99. The molecular formula is C12H8FN3. The normalized spacial score (nSPS) is 9.75. The molecule has 0 saturated carbocycles. The minimum atomic E-state index is -0.264. The minimum absolute atomic E-state index is 0.264. The Bertz CT molecular complexity index is 546. The molecule has 0 aliphatic rings. The van der Waals surface area contributed by atoms with Crippen LogP contribution in [0.4, 0.5) is 4.39 Å². The van der Waals surface area contributed by atoms with Crippen molar-refractivity contribution in [2.45, 2.75) is 6.42 Å². The van der Waals surface area contributed by atoms with E-state index in [1.807, 2.05) is 6.07 Å². The van der Waals surface area contributed by atoms with Gasteiger partial charge in [-0.05, 0) is 17.7 Å². The molecule has 0 saturated heterocycles. The molecular weight excluding hydrogens is 205 g/mol. The minimum Gasteiger partial charge on any atom is -0.241 e. The van der Waals surface area contributed by atoms with Crippen LogP contribution in [0.1, 0.15) is 17.0 Å². The van der Waals surface area contributed by atoms with Gasteiger partial charge in [0.15, 0.2) is 0 Å². The molecule has 4 heteroatoms. The quantitative estimate of drug-likeness (QED) is 0.767. The van der Waals surface area contributed by atoms with Gasteiger partial charge >= 0.3 is 0 Å². The summed E-state index contributed by atoms with van der Waals surface area (Å²) in [4.78, 5) is 7.75. The van der Waals surface area contributed by atoms with Crippen molar-refractivity contribution < 1.29 is 4.39 Å². The maximum Gasteiger partial charge on any atom is 0.144 e. The summed E-state index contributed by atoms with van der Waals surface area (Å²) in [6.07, 6.45) is 1.68. The lowest BCUT2D eigenvalue weighted by molar-refractivity contribution is 0.613. The molecule has 0 unspecified atom stereocenters. The predicted octanol–water partition coefficient (Wildman–Crippen LogP) is 2.08. The van der Waals surface area contributed by atoms with E-state index in [4.69, 9.17) is 5.26 Å². The van der Waals surface area contributed by atoms with E-state index in [-0.39, 0.29) is 5.82 Å². The van der Waals surface area contributed by atoms with Gasteiger partial charge in [-0.1, -0.05) is 18.2 Å². The Morgan fingerprint density at radius 2 is 2.06 bits per heavy atom. The molecule has 3 nitrogen and oxygen atoms in total. The highest BCUT2D eigenvalue weighted by atomic mass is 19.1. The van der Waals surface area contributed by atoms with Crippen LogP contribution in [0.5, 0.6) is 0 Å². The Labute approximate surface area is 92.2 Å². The van der Waals surface area contributed by atoms with Crippen LogP contribution >= 0.6 is 0 Å². The fourth-order valence-corrected chi connectivity index (χ4v) is 1.39. The van der Waals surface area contributed by atoms with Crippen LogP contribution in [0.2, 0.25) is 0 Å². The third-order valence-electron chi connectivity index (χ3n) is 2.17. The van der Waals surface area contributed by atoms with Crippen LogP contribution in [0.25, 0.3) is 0 Å². The van der Waals surface area contributed by atoms with E-state index in [9.17, 15) is 4.39 Å². The van der Waals surface area contributed by atoms with Crippen molar-refractivity contribution in [3.8, 4) is 6.07 Å². The average Bonchev–Trinajstić information content (AvgIpc) is 2.32. The van der Waals surface area contributed by atoms with Gasteiger partial charge < -0.3 is 0 Å². The molecule has 0 aliphatic heterocycles. The first-order valence-electron chi connectivity index (χ1n) is 4.74. The second kappa shape index (κ2) is 4.49. The van der Waals surface area contributed by atoms with Gasteiger partial charge in [0.1, 0.15) is 23.9 Å². The van der Waals surface area contributed by atoms with Gasteiger partial charge in [0.25, 0.3) is 0 Å². The van der Waals surface area contributed by atoms with Crippen LogP contribution in [-0.2, 0) is 6.42 Å². The molecule has 2 rings (SSSR count). The fraction of sp³-hybridized carbons (Fsp3) is 0.0833. The predicted molar refractivity (Wildman–Crippen MR) is 56.0 cm³/mol. The van der Waals surface area contributed by atoms with Crippen LogP contribution in [-0.4, -0.2) is 9.97 Å². The van der Waals surface area contributed by atoms with E-state index in [1.54, 1.807) is 24.3 Å². The van der Waals surface area contributed by atoms with E-state index >= 15 is 0 Å². The van der Waals surface area contributed by atoms with Gasteiger partial charge in [-0.15, -0.1) is 0 Å². The van der Waals surface area contributed by atoms with Gasteiger partial charge in [-0.3, -0.25) is 0 Å². The van der Waals surface area contributed by atoms with Gasteiger partial charge in [-0.25, -0.2) is 14.4 Å². The lowest BCUT2D eigenvalue weighted by atomic mass is 10.1. The molecule has 2 aromatic rings. The lowest BCUT2D eigenvalue weighted by Crippen LogP contribution is -1.97. The summed E-state index contributed by atoms with van der Waals surface area (Å²) in [5.41, 5.74) is 1.49. The molecule has 78 valence electrons. The summed E-state index contributed by atoms with van der Waals surface area (Å²) < 4.78 is 13.3. The highest BCUT2D eigenvalue weighted by molar-refractivity contribution is 5.27. The van der Waals surface area contributed by atoms with E-state index < -0.39 is 0 Å². The molecule has 0 amide bonds. The molecule has 1 aromatic carbocycles. The summed E-state index contributed by atoms with van der Waals surface area (Å²) in [5.74, 6) is -0.264. The third kappa shape index (κ3) is 2.20. The Kier molecular flexibility index (Phi) is 2.88. The Morgan fingerprint density at radius 3 is 2.81 bits per heavy atom. The zero-order valence-electron chi connectivity index (χ0n) is 8.39. The Hall–Kier alpha value is -2.28. The van der Waals surface area contributed by atoms with Crippen molar-refractivity contribution >= 4 is 0 Å². The smallest absolute Gasteiger partial charge is 0.144 e. The molecule has 0 bridgehead atoms. The first kappa shape index (κ1) is 10.2. The monoisotopic (exact) mass is 213 g/mol. The fourth-order valence-electron chi connectivity index (χ4n) is 1.39. The van der Waals surface area contributed by atoms with E-state index in [0.717, 1.165) is 0 Å². The number of hydrogen-bond acceptors (Lipinski definition) is 3. The van der Waals surface area contributed by atoms with Crippen molar-refractivity contribution in [3.05, 3.63) is 59.4 Å². The van der Waals surface area contributed by atoms with Gasteiger partial charge in [0, 0.05) is 12.1 Å². The molecule has 0 aliphatic carbocycles. The lowest BCUT2D eigenvalue weighted by Gasteiger charge is -2.02. The van der Waals surface area contributed by atoms with Gasteiger partial charge in [0.05, 0.1) is 0 Å². The number of nitriles is 1. The first-order valence-corrected chi connectivity index (χ1v) is 4.74.